The van der Waals surface area contributed by atoms with Crippen LogP contribution in [0, 0.1) is 0 Å². The van der Waals surface area contributed by atoms with Gasteiger partial charge in [0.15, 0.2) is 6.61 Å². The minimum absolute atomic E-state index is 0.0598. The van der Waals surface area contributed by atoms with E-state index in [0.717, 1.165) is 12.8 Å². The molecule has 0 saturated heterocycles. The van der Waals surface area contributed by atoms with E-state index in [1.165, 1.54) is 12.1 Å². The Morgan fingerprint density at radius 2 is 1.96 bits per heavy atom. The van der Waals surface area contributed by atoms with Crippen molar-refractivity contribution in [2.24, 2.45) is 0 Å². The Kier molecular flexibility index (Phi) is 5.06. The number of hydrogen-bond acceptors (Lipinski definition) is 4. The average molecular weight is 331 g/mol. The average Bonchev–Trinajstić information content (AvgIpc) is 2.96. The van der Waals surface area contributed by atoms with Gasteiger partial charge in [0, 0.05) is 0 Å². The quantitative estimate of drug-likeness (QED) is 0.662. The zero-order valence-corrected chi connectivity index (χ0v) is 12.9. The van der Waals surface area contributed by atoms with E-state index in [1.54, 1.807) is 13.0 Å². The van der Waals surface area contributed by atoms with Gasteiger partial charge in [-0.1, -0.05) is 18.9 Å². The van der Waals surface area contributed by atoms with Gasteiger partial charge in [0.2, 0.25) is 0 Å². The molecule has 0 aromatic heterocycles. The summed E-state index contributed by atoms with van der Waals surface area (Å²) in [6.45, 7) is 0.557. The number of alkyl halides is 3. The number of anilines is 1. The molecule has 1 aliphatic carbocycles. The second-order valence-corrected chi connectivity index (χ2v) is 5.67. The zero-order chi connectivity index (χ0) is 17.1. The summed E-state index contributed by atoms with van der Waals surface area (Å²) in [4.78, 5) is 12.4. The van der Waals surface area contributed by atoms with Crippen molar-refractivity contribution in [3.05, 3.63) is 23.8 Å². The molecule has 1 aromatic carbocycles. The molecule has 0 unspecified atom stereocenters. The van der Waals surface area contributed by atoms with Crippen LogP contribution >= 0.6 is 0 Å². The van der Waals surface area contributed by atoms with Gasteiger partial charge in [-0.2, -0.15) is 13.2 Å². The molecule has 1 aromatic rings. The highest BCUT2D eigenvalue weighted by Crippen LogP contribution is 2.44. The summed E-state index contributed by atoms with van der Waals surface area (Å²) in [5.41, 5.74) is 5.57. The molecule has 23 heavy (non-hydrogen) atoms. The summed E-state index contributed by atoms with van der Waals surface area (Å²) in [6, 6.07) is 4.57. The number of carbonyl (C=O) groups excluding carboxylic acids is 1. The first kappa shape index (κ1) is 17.4. The van der Waals surface area contributed by atoms with Crippen LogP contribution < -0.4 is 10.5 Å². The normalized spacial score (nSPS) is 17.0. The molecule has 4 nitrogen and oxygen atoms in total. The second kappa shape index (κ2) is 6.68. The Balaban J connectivity index is 2.32. The number of nitrogens with two attached hydrogens (primary N) is 1. The Labute approximate surface area is 132 Å². The summed E-state index contributed by atoms with van der Waals surface area (Å²) >= 11 is 0. The first-order chi connectivity index (χ1) is 10.8. The van der Waals surface area contributed by atoms with Gasteiger partial charge in [0.25, 0.3) is 0 Å². The SMILES string of the molecule is CCOC(=O)C1(c2ccc(N)c(OCC(F)(F)F)c2)CCCC1. The first-order valence-corrected chi connectivity index (χ1v) is 7.55. The molecular weight excluding hydrogens is 311 g/mol. The van der Waals surface area contributed by atoms with Gasteiger partial charge in [-0.15, -0.1) is 0 Å². The Morgan fingerprint density at radius 1 is 1.30 bits per heavy atom. The van der Waals surface area contributed by atoms with Crippen molar-refractivity contribution in [2.45, 2.75) is 44.2 Å². The fraction of sp³-hybridized carbons (Fsp3) is 0.562. The number of carbonyl (C=O) groups is 1. The maximum atomic E-state index is 12.4. The minimum Gasteiger partial charge on any atom is -0.482 e. The predicted octanol–water partition coefficient (Wildman–Crippen LogP) is 3.58. The lowest BCUT2D eigenvalue weighted by Crippen LogP contribution is -2.34. The van der Waals surface area contributed by atoms with Crippen molar-refractivity contribution in [1.82, 2.24) is 0 Å². The Hall–Kier alpha value is -1.92. The maximum Gasteiger partial charge on any atom is 0.422 e. The molecule has 1 fully saturated rings. The molecule has 0 aliphatic heterocycles. The zero-order valence-electron chi connectivity index (χ0n) is 12.9. The molecule has 0 bridgehead atoms. The van der Waals surface area contributed by atoms with Crippen LogP contribution in [0.5, 0.6) is 5.75 Å². The summed E-state index contributed by atoms with van der Waals surface area (Å²) in [5, 5.41) is 0. The number of esters is 1. The van der Waals surface area contributed by atoms with E-state index >= 15 is 0 Å². The van der Waals surface area contributed by atoms with Gasteiger partial charge in [0.1, 0.15) is 5.75 Å². The highest BCUT2D eigenvalue weighted by atomic mass is 19.4. The third kappa shape index (κ3) is 3.89. The highest BCUT2D eigenvalue weighted by Gasteiger charge is 2.44. The van der Waals surface area contributed by atoms with Crippen LogP contribution in [-0.2, 0) is 14.9 Å². The summed E-state index contributed by atoms with van der Waals surface area (Å²) in [6.07, 6.45) is -1.51. The molecule has 0 radical (unpaired) electrons. The van der Waals surface area contributed by atoms with Crippen molar-refractivity contribution >= 4 is 11.7 Å². The third-order valence-electron chi connectivity index (χ3n) is 4.08. The van der Waals surface area contributed by atoms with E-state index in [1.807, 2.05) is 0 Å². The predicted molar refractivity (Wildman–Crippen MR) is 79.2 cm³/mol. The number of hydrogen-bond donors (Lipinski definition) is 1. The highest BCUT2D eigenvalue weighted by molar-refractivity contribution is 5.84. The first-order valence-electron chi connectivity index (χ1n) is 7.55. The maximum absolute atomic E-state index is 12.4. The van der Waals surface area contributed by atoms with Crippen LogP contribution in [-0.4, -0.2) is 25.4 Å². The Morgan fingerprint density at radius 3 is 2.52 bits per heavy atom. The molecular formula is C16H20F3NO3. The second-order valence-electron chi connectivity index (χ2n) is 5.67. The van der Waals surface area contributed by atoms with E-state index in [0.29, 0.717) is 18.4 Å². The molecule has 0 heterocycles. The topological polar surface area (TPSA) is 61.5 Å². The van der Waals surface area contributed by atoms with E-state index in [9.17, 15) is 18.0 Å². The van der Waals surface area contributed by atoms with Crippen LogP contribution in [0.3, 0.4) is 0 Å². The molecule has 0 atom stereocenters. The van der Waals surface area contributed by atoms with E-state index in [2.05, 4.69) is 0 Å². The molecule has 128 valence electrons. The lowest BCUT2D eigenvalue weighted by Gasteiger charge is -2.27. The molecule has 2 rings (SSSR count). The Bertz CT molecular complexity index is 566. The van der Waals surface area contributed by atoms with Crippen LogP contribution in [0.2, 0.25) is 0 Å². The summed E-state index contributed by atoms with van der Waals surface area (Å²) in [7, 11) is 0. The molecule has 0 amide bonds. The van der Waals surface area contributed by atoms with Crippen molar-refractivity contribution in [2.75, 3.05) is 18.9 Å². The molecule has 2 N–H and O–H groups in total. The minimum atomic E-state index is -4.45. The van der Waals surface area contributed by atoms with Crippen molar-refractivity contribution in [1.29, 1.82) is 0 Å². The number of nitrogen functional groups attached to an aromatic ring is 1. The molecule has 1 saturated carbocycles. The lowest BCUT2D eigenvalue weighted by atomic mass is 9.78. The van der Waals surface area contributed by atoms with Crippen LogP contribution in [0.1, 0.15) is 38.2 Å². The van der Waals surface area contributed by atoms with Crippen LogP contribution in [0.15, 0.2) is 18.2 Å². The molecule has 0 spiro atoms. The van der Waals surface area contributed by atoms with Crippen LogP contribution in [0.4, 0.5) is 18.9 Å². The van der Waals surface area contributed by atoms with Gasteiger partial charge >= 0.3 is 12.1 Å². The van der Waals surface area contributed by atoms with Gasteiger partial charge in [-0.3, -0.25) is 4.79 Å². The van der Waals surface area contributed by atoms with Gasteiger partial charge < -0.3 is 15.2 Å². The number of rotatable bonds is 5. The molecule has 7 heteroatoms. The van der Waals surface area contributed by atoms with Gasteiger partial charge in [-0.25, -0.2) is 0 Å². The van der Waals surface area contributed by atoms with Gasteiger partial charge in [0.05, 0.1) is 17.7 Å². The van der Waals surface area contributed by atoms with Crippen molar-refractivity contribution in [3.8, 4) is 5.75 Å². The van der Waals surface area contributed by atoms with Crippen molar-refractivity contribution in [3.63, 3.8) is 0 Å². The monoisotopic (exact) mass is 331 g/mol. The lowest BCUT2D eigenvalue weighted by molar-refractivity contribution is -0.153. The summed E-state index contributed by atoms with van der Waals surface area (Å²) < 4.78 is 47.0. The van der Waals surface area contributed by atoms with Crippen molar-refractivity contribution < 1.29 is 27.4 Å². The van der Waals surface area contributed by atoms with Crippen LogP contribution in [0.25, 0.3) is 0 Å². The largest absolute Gasteiger partial charge is 0.482 e. The van der Waals surface area contributed by atoms with E-state index < -0.39 is 18.2 Å². The fourth-order valence-electron chi connectivity index (χ4n) is 2.98. The van der Waals surface area contributed by atoms with E-state index in [-0.39, 0.29) is 24.0 Å². The fourth-order valence-corrected chi connectivity index (χ4v) is 2.98. The number of halogens is 3. The summed E-state index contributed by atoms with van der Waals surface area (Å²) in [5.74, 6) is -0.403. The molecule has 1 aliphatic rings. The van der Waals surface area contributed by atoms with E-state index in [4.69, 9.17) is 15.2 Å². The standard InChI is InChI=1S/C16H20F3NO3/c1-2-22-14(21)15(7-3-4-8-15)11-5-6-12(20)13(9-11)23-10-16(17,18)19/h5-6,9H,2-4,7-8,10,20H2,1H3. The van der Waals surface area contributed by atoms with Gasteiger partial charge in [-0.05, 0) is 37.5 Å². The number of ether oxygens (including phenoxy) is 2. The smallest absolute Gasteiger partial charge is 0.422 e. The number of benzene rings is 1. The third-order valence-corrected chi connectivity index (χ3v) is 4.08.